The summed E-state index contributed by atoms with van der Waals surface area (Å²) in [4.78, 5) is 25.2. The van der Waals surface area contributed by atoms with Crippen molar-refractivity contribution in [2.75, 3.05) is 20.2 Å². The van der Waals surface area contributed by atoms with Gasteiger partial charge in [-0.15, -0.1) is 0 Å². The number of nitrogens with zero attached hydrogens (tertiary/aromatic N) is 1. The van der Waals surface area contributed by atoms with Gasteiger partial charge in [-0.2, -0.15) is 4.31 Å². The van der Waals surface area contributed by atoms with Crippen molar-refractivity contribution in [2.45, 2.75) is 62.8 Å². The fourth-order valence-electron chi connectivity index (χ4n) is 4.01. The number of furan rings is 1. The Morgan fingerprint density at radius 1 is 1.25 bits per heavy atom. The van der Waals surface area contributed by atoms with E-state index in [1.807, 2.05) is 0 Å². The molecule has 1 amide bonds. The summed E-state index contributed by atoms with van der Waals surface area (Å²) in [5.74, 6) is -0.566. The molecule has 0 radical (unpaired) electrons. The van der Waals surface area contributed by atoms with Crippen molar-refractivity contribution in [1.29, 1.82) is 0 Å². The number of ether oxygens (including phenoxy) is 1. The van der Waals surface area contributed by atoms with Crippen LogP contribution in [-0.2, 0) is 19.6 Å². The molecule has 2 fully saturated rings. The Kier molecular flexibility index (Phi) is 5.86. The van der Waals surface area contributed by atoms with Crippen molar-refractivity contribution < 1.29 is 27.2 Å². The summed E-state index contributed by atoms with van der Waals surface area (Å²) in [5, 5.41) is 2.77. The minimum atomic E-state index is -3.69. The number of nitrogens with one attached hydrogen (secondary N) is 1. The van der Waals surface area contributed by atoms with Crippen LogP contribution in [0.15, 0.2) is 15.4 Å². The molecule has 2 heterocycles. The zero-order chi connectivity index (χ0) is 20.5. The van der Waals surface area contributed by atoms with Gasteiger partial charge in [0.25, 0.3) is 5.91 Å². The molecule has 0 spiro atoms. The Labute approximate surface area is 165 Å². The molecule has 1 N–H and O–H groups in total. The molecule has 0 aromatic carbocycles. The second-order valence-electron chi connectivity index (χ2n) is 7.85. The van der Waals surface area contributed by atoms with E-state index in [-0.39, 0.29) is 16.4 Å². The van der Waals surface area contributed by atoms with Gasteiger partial charge in [0, 0.05) is 19.2 Å². The van der Waals surface area contributed by atoms with Gasteiger partial charge in [-0.1, -0.05) is 6.92 Å². The first-order valence-corrected chi connectivity index (χ1v) is 11.1. The smallest absolute Gasteiger partial charge is 0.331 e. The lowest BCUT2D eigenvalue weighted by atomic mass is 9.77. The number of amides is 1. The molecular formula is C19H28N2O6S. The first kappa shape index (κ1) is 20.9. The van der Waals surface area contributed by atoms with Crippen molar-refractivity contribution in [2.24, 2.45) is 5.92 Å². The molecule has 3 rings (SSSR count). The molecule has 1 saturated carbocycles. The lowest BCUT2D eigenvalue weighted by Crippen LogP contribution is -2.56. The van der Waals surface area contributed by atoms with Crippen LogP contribution in [-0.4, -0.2) is 50.3 Å². The van der Waals surface area contributed by atoms with E-state index in [4.69, 9.17) is 9.15 Å². The van der Waals surface area contributed by atoms with Gasteiger partial charge >= 0.3 is 5.97 Å². The highest BCUT2D eigenvalue weighted by molar-refractivity contribution is 7.89. The van der Waals surface area contributed by atoms with Gasteiger partial charge in [0.1, 0.15) is 16.2 Å². The zero-order valence-electron chi connectivity index (χ0n) is 16.6. The SMILES string of the molecule is COC(=O)C1(NC(=O)c2cc(S(=O)(=O)N3CCCC3)c(C)o2)CCC(C)CC1. The van der Waals surface area contributed by atoms with Crippen LogP contribution in [0.4, 0.5) is 0 Å². The third-order valence-corrected chi connectivity index (χ3v) is 7.84. The number of hydrogen-bond acceptors (Lipinski definition) is 6. The highest BCUT2D eigenvalue weighted by Gasteiger charge is 2.44. The van der Waals surface area contributed by atoms with E-state index < -0.39 is 27.4 Å². The first-order chi connectivity index (χ1) is 13.2. The lowest BCUT2D eigenvalue weighted by Gasteiger charge is -2.37. The summed E-state index contributed by atoms with van der Waals surface area (Å²) in [6.45, 7) is 4.57. The minimum Gasteiger partial charge on any atom is -0.467 e. The number of sulfonamides is 1. The molecule has 8 nitrogen and oxygen atoms in total. The molecule has 9 heteroatoms. The third kappa shape index (κ3) is 3.82. The highest BCUT2D eigenvalue weighted by Crippen LogP contribution is 2.34. The standard InChI is InChI=1S/C19H28N2O6S/c1-13-6-8-19(9-7-13,18(23)26-3)20-17(22)15-12-16(14(2)27-15)28(24,25)21-10-4-5-11-21/h12-13H,4-11H2,1-3H3,(H,20,22). The fourth-order valence-corrected chi connectivity index (χ4v) is 5.69. The highest BCUT2D eigenvalue weighted by atomic mass is 32.2. The van der Waals surface area contributed by atoms with Gasteiger partial charge in [-0.05, 0) is 51.4 Å². The predicted molar refractivity (Wildman–Crippen MR) is 101 cm³/mol. The molecular weight excluding hydrogens is 384 g/mol. The zero-order valence-corrected chi connectivity index (χ0v) is 17.4. The van der Waals surface area contributed by atoms with Crippen LogP contribution in [0.3, 0.4) is 0 Å². The number of carbonyl (C=O) groups excluding carboxylic acids is 2. The van der Waals surface area contributed by atoms with E-state index in [1.165, 1.54) is 24.4 Å². The van der Waals surface area contributed by atoms with Crippen LogP contribution >= 0.6 is 0 Å². The Hall–Kier alpha value is -1.87. The topological polar surface area (TPSA) is 106 Å². The number of hydrogen-bond donors (Lipinski definition) is 1. The van der Waals surface area contributed by atoms with Crippen LogP contribution in [0.1, 0.15) is 61.8 Å². The van der Waals surface area contributed by atoms with Crippen LogP contribution in [0.25, 0.3) is 0 Å². The van der Waals surface area contributed by atoms with Gasteiger partial charge in [0.15, 0.2) is 5.76 Å². The maximum atomic E-state index is 12.8. The Balaban J connectivity index is 1.83. The molecule has 28 heavy (non-hydrogen) atoms. The van der Waals surface area contributed by atoms with Crippen molar-refractivity contribution >= 4 is 21.9 Å². The van der Waals surface area contributed by atoms with E-state index in [9.17, 15) is 18.0 Å². The summed E-state index contributed by atoms with van der Waals surface area (Å²) in [7, 11) is -2.39. The van der Waals surface area contributed by atoms with Crippen LogP contribution in [0.5, 0.6) is 0 Å². The fraction of sp³-hybridized carbons (Fsp3) is 0.684. The molecule has 0 unspecified atom stereocenters. The average molecular weight is 413 g/mol. The van der Waals surface area contributed by atoms with Crippen molar-refractivity contribution in [3.63, 3.8) is 0 Å². The van der Waals surface area contributed by atoms with E-state index in [0.717, 1.165) is 25.7 Å². The quantitative estimate of drug-likeness (QED) is 0.744. The molecule has 1 aliphatic heterocycles. The van der Waals surface area contributed by atoms with E-state index >= 15 is 0 Å². The number of carbonyl (C=O) groups is 2. The number of rotatable bonds is 5. The maximum absolute atomic E-state index is 12.8. The summed E-state index contributed by atoms with van der Waals surface area (Å²) >= 11 is 0. The van der Waals surface area contributed by atoms with Gasteiger partial charge < -0.3 is 14.5 Å². The minimum absolute atomic E-state index is 0.00364. The van der Waals surface area contributed by atoms with Gasteiger partial charge in [-0.3, -0.25) is 4.79 Å². The third-order valence-electron chi connectivity index (χ3n) is 5.84. The Morgan fingerprint density at radius 3 is 2.43 bits per heavy atom. The van der Waals surface area contributed by atoms with Crippen LogP contribution in [0.2, 0.25) is 0 Å². The second-order valence-corrected chi connectivity index (χ2v) is 9.76. The van der Waals surface area contributed by atoms with Gasteiger partial charge in [0.2, 0.25) is 10.0 Å². The first-order valence-electron chi connectivity index (χ1n) is 9.71. The molecule has 0 atom stereocenters. The molecule has 1 saturated heterocycles. The predicted octanol–water partition coefficient (Wildman–Crippen LogP) is 2.22. The summed E-state index contributed by atoms with van der Waals surface area (Å²) in [6.07, 6.45) is 4.19. The summed E-state index contributed by atoms with van der Waals surface area (Å²) in [5.41, 5.74) is -1.10. The largest absolute Gasteiger partial charge is 0.467 e. The van der Waals surface area contributed by atoms with E-state index in [1.54, 1.807) is 0 Å². The molecule has 1 aliphatic carbocycles. The normalized spacial score (nSPS) is 26.2. The van der Waals surface area contributed by atoms with Crippen molar-refractivity contribution in [3.05, 3.63) is 17.6 Å². The maximum Gasteiger partial charge on any atom is 0.331 e. The van der Waals surface area contributed by atoms with Crippen LogP contribution < -0.4 is 5.32 Å². The summed E-state index contributed by atoms with van der Waals surface area (Å²) < 4.78 is 37.4. The monoisotopic (exact) mass is 412 g/mol. The van der Waals surface area contributed by atoms with Gasteiger partial charge in [-0.25, -0.2) is 13.2 Å². The van der Waals surface area contributed by atoms with Crippen LogP contribution in [0, 0.1) is 12.8 Å². The van der Waals surface area contributed by atoms with E-state index in [2.05, 4.69) is 12.2 Å². The molecule has 156 valence electrons. The Bertz CT molecular complexity index is 846. The second kappa shape index (κ2) is 7.87. The number of aryl methyl sites for hydroxylation is 1. The number of methoxy groups -OCH3 is 1. The molecule has 1 aromatic heterocycles. The van der Waals surface area contributed by atoms with E-state index in [0.29, 0.717) is 31.8 Å². The van der Waals surface area contributed by atoms with Crippen molar-refractivity contribution in [3.8, 4) is 0 Å². The molecule has 0 bridgehead atoms. The lowest BCUT2D eigenvalue weighted by molar-refractivity contribution is -0.150. The average Bonchev–Trinajstić information content (AvgIpc) is 3.33. The van der Waals surface area contributed by atoms with Gasteiger partial charge in [0.05, 0.1) is 7.11 Å². The van der Waals surface area contributed by atoms with Crippen molar-refractivity contribution in [1.82, 2.24) is 9.62 Å². The molecule has 1 aromatic rings. The number of esters is 1. The summed E-state index contributed by atoms with van der Waals surface area (Å²) in [6, 6.07) is 1.26. The Morgan fingerprint density at radius 2 is 1.86 bits per heavy atom. The molecule has 2 aliphatic rings.